The molecule has 0 N–H and O–H groups in total. The van der Waals surface area contributed by atoms with Crippen LogP contribution < -0.4 is 0 Å². The third-order valence-electron chi connectivity index (χ3n) is 2.46. The van der Waals surface area contributed by atoms with E-state index in [4.69, 9.17) is 0 Å². The molecule has 2 aromatic carbocycles. The quantitative estimate of drug-likeness (QED) is 0.473. The normalized spacial score (nSPS) is 11.2. The maximum absolute atomic E-state index is 10.3. The van der Waals surface area contributed by atoms with Crippen LogP contribution in [0, 0.1) is 10.1 Å². The highest BCUT2D eigenvalue weighted by Gasteiger charge is 1.97. The molecule has 0 saturated carbocycles. The molecule has 0 aliphatic rings. The summed E-state index contributed by atoms with van der Waals surface area (Å²) in [5.74, 6) is 0. The maximum atomic E-state index is 10.3. The Labute approximate surface area is 110 Å². The van der Waals surface area contributed by atoms with Crippen molar-refractivity contribution in [2.45, 2.75) is 0 Å². The SMILES string of the molecule is O=[N+]([O-])/C=C/c1ccccc1N=Cc1ccccc1. The van der Waals surface area contributed by atoms with E-state index in [0.29, 0.717) is 11.3 Å². The minimum absolute atomic E-state index is 0.488. The van der Waals surface area contributed by atoms with E-state index in [1.807, 2.05) is 48.5 Å². The predicted molar refractivity (Wildman–Crippen MR) is 76.2 cm³/mol. The lowest BCUT2D eigenvalue weighted by atomic mass is 10.2. The van der Waals surface area contributed by atoms with Crippen LogP contribution in [0.25, 0.3) is 6.08 Å². The first-order valence-electron chi connectivity index (χ1n) is 5.75. The van der Waals surface area contributed by atoms with Crippen molar-refractivity contribution in [3.8, 4) is 0 Å². The molecular weight excluding hydrogens is 240 g/mol. The molecule has 0 heterocycles. The second-order valence-electron chi connectivity index (χ2n) is 3.83. The molecule has 19 heavy (non-hydrogen) atoms. The first-order valence-corrected chi connectivity index (χ1v) is 5.75. The van der Waals surface area contributed by atoms with Crippen LogP contribution in [0.5, 0.6) is 0 Å². The van der Waals surface area contributed by atoms with Crippen molar-refractivity contribution < 1.29 is 4.92 Å². The highest BCUT2D eigenvalue weighted by atomic mass is 16.6. The van der Waals surface area contributed by atoms with Gasteiger partial charge in [0.05, 0.1) is 10.6 Å². The summed E-state index contributed by atoms with van der Waals surface area (Å²) in [6.07, 6.45) is 4.09. The summed E-state index contributed by atoms with van der Waals surface area (Å²) in [6, 6.07) is 17.0. The minimum atomic E-state index is -0.488. The topological polar surface area (TPSA) is 55.5 Å². The fraction of sp³-hybridized carbons (Fsp3) is 0. The van der Waals surface area contributed by atoms with Crippen LogP contribution in [0.4, 0.5) is 5.69 Å². The molecule has 4 heteroatoms. The first kappa shape index (κ1) is 12.7. The molecule has 94 valence electrons. The third-order valence-corrected chi connectivity index (χ3v) is 2.46. The molecule has 0 saturated heterocycles. The van der Waals surface area contributed by atoms with E-state index in [2.05, 4.69) is 4.99 Å². The van der Waals surface area contributed by atoms with Crippen LogP contribution in [-0.2, 0) is 0 Å². The Bertz CT molecular complexity index is 619. The molecule has 0 radical (unpaired) electrons. The summed E-state index contributed by atoms with van der Waals surface area (Å²) in [5, 5.41) is 10.3. The van der Waals surface area contributed by atoms with E-state index in [1.54, 1.807) is 12.3 Å². The maximum Gasteiger partial charge on any atom is 0.235 e. The second-order valence-corrected chi connectivity index (χ2v) is 3.83. The van der Waals surface area contributed by atoms with Crippen LogP contribution in [0.3, 0.4) is 0 Å². The molecular formula is C15H12N2O2. The van der Waals surface area contributed by atoms with Gasteiger partial charge in [-0.25, -0.2) is 0 Å². The van der Waals surface area contributed by atoms with Gasteiger partial charge in [-0.15, -0.1) is 0 Å². The molecule has 2 rings (SSSR count). The van der Waals surface area contributed by atoms with Crippen molar-refractivity contribution in [3.05, 3.63) is 82.0 Å². The number of hydrogen-bond acceptors (Lipinski definition) is 3. The summed E-state index contributed by atoms with van der Waals surface area (Å²) in [6.45, 7) is 0. The first-order chi connectivity index (χ1) is 9.25. The zero-order chi connectivity index (χ0) is 13.5. The Kier molecular flexibility index (Phi) is 4.18. The molecule has 0 bridgehead atoms. The summed E-state index contributed by atoms with van der Waals surface area (Å²) >= 11 is 0. The van der Waals surface area contributed by atoms with E-state index in [9.17, 15) is 10.1 Å². The van der Waals surface area contributed by atoms with Crippen molar-refractivity contribution in [2.75, 3.05) is 0 Å². The second kappa shape index (κ2) is 6.26. The van der Waals surface area contributed by atoms with Crippen molar-refractivity contribution >= 4 is 18.0 Å². The lowest BCUT2D eigenvalue weighted by Gasteiger charge is -1.98. The van der Waals surface area contributed by atoms with Crippen LogP contribution in [0.15, 0.2) is 65.8 Å². The smallest absolute Gasteiger partial charge is 0.235 e. The fourth-order valence-corrected chi connectivity index (χ4v) is 1.57. The van der Waals surface area contributed by atoms with Gasteiger partial charge in [0.25, 0.3) is 0 Å². The molecule has 0 aliphatic heterocycles. The van der Waals surface area contributed by atoms with E-state index in [-0.39, 0.29) is 0 Å². The molecule has 2 aromatic rings. The number of rotatable bonds is 4. The van der Waals surface area contributed by atoms with Gasteiger partial charge >= 0.3 is 0 Å². The van der Waals surface area contributed by atoms with Gasteiger partial charge in [-0.3, -0.25) is 15.1 Å². The van der Waals surface area contributed by atoms with E-state index in [1.165, 1.54) is 6.08 Å². The van der Waals surface area contributed by atoms with Gasteiger partial charge in [0.15, 0.2) is 0 Å². The van der Waals surface area contributed by atoms with Gasteiger partial charge < -0.3 is 0 Å². The van der Waals surface area contributed by atoms with Gasteiger partial charge in [0, 0.05) is 17.9 Å². The third kappa shape index (κ3) is 3.89. The Morgan fingerprint density at radius 2 is 1.68 bits per heavy atom. The average Bonchev–Trinajstić information content (AvgIpc) is 2.45. The molecule has 0 spiro atoms. The van der Waals surface area contributed by atoms with Gasteiger partial charge in [0.1, 0.15) is 0 Å². The minimum Gasteiger partial charge on any atom is -0.259 e. The Morgan fingerprint density at radius 3 is 2.42 bits per heavy atom. The zero-order valence-corrected chi connectivity index (χ0v) is 10.1. The Morgan fingerprint density at radius 1 is 1.00 bits per heavy atom. The standard InChI is InChI=1S/C15H12N2O2/c18-17(19)11-10-14-8-4-5-9-15(14)16-12-13-6-2-1-3-7-13/h1-12H/b11-10+,16-12?. The molecule has 0 aromatic heterocycles. The van der Waals surface area contributed by atoms with Crippen molar-refractivity contribution in [1.29, 1.82) is 0 Å². The van der Waals surface area contributed by atoms with Crippen LogP contribution in [0.1, 0.15) is 11.1 Å². The van der Waals surface area contributed by atoms with Crippen LogP contribution >= 0.6 is 0 Å². The van der Waals surface area contributed by atoms with Gasteiger partial charge in [-0.2, -0.15) is 0 Å². The number of nitro groups is 1. The summed E-state index contributed by atoms with van der Waals surface area (Å²) < 4.78 is 0. The summed E-state index contributed by atoms with van der Waals surface area (Å²) in [5.41, 5.74) is 2.39. The highest BCUT2D eigenvalue weighted by molar-refractivity contribution is 5.83. The van der Waals surface area contributed by atoms with Crippen molar-refractivity contribution in [1.82, 2.24) is 0 Å². The molecule has 4 nitrogen and oxygen atoms in total. The van der Waals surface area contributed by atoms with Gasteiger partial charge in [-0.05, 0) is 11.6 Å². The molecule has 0 aliphatic carbocycles. The van der Waals surface area contributed by atoms with Gasteiger partial charge in [-0.1, -0.05) is 48.5 Å². The molecule has 0 amide bonds. The number of aliphatic imine (C=N–C) groups is 1. The highest BCUT2D eigenvalue weighted by Crippen LogP contribution is 2.20. The zero-order valence-electron chi connectivity index (χ0n) is 10.1. The van der Waals surface area contributed by atoms with E-state index >= 15 is 0 Å². The van der Waals surface area contributed by atoms with Crippen LogP contribution in [0.2, 0.25) is 0 Å². The van der Waals surface area contributed by atoms with Crippen LogP contribution in [-0.4, -0.2) is 11.1 Å². The van der Waals surface area contributed by atoms with E-state index < -0.39 is 4.92 Å². The van der Waals surface area contributed by atoms with E-state index in [0.717, 1.165) is 11.8 Å². The summed E-state index contributed by atoms with van der Waals surface area (Å²) in [4.78, 5) is 14.2. The molecule has 0 atom stereocenters. The van der Waals surface area contributed by atoms with Gasteiger partial charge in [0.2, 0.25) is 6.20 Å². The lowest BCUT2D eigenvalue weighted by molar-refractivity contribution is -0.400. The molecule has 0 unspecified atom stereocenters. The van der Waals surface area contributed by atoms with Crippen molar-refractivity contribution in [3.63, 3.8) is 0 Å². The monoisotopic (exact) mass is 252 g/mol. The largest absolute Gasteiger partial charge is 0.259 e. The Balaban J connectivity index is 2.25. The predicted octanol–water partition coefficient (Wildman–Crippen LogP) is 3.68. The number of hydrogen-bond donors (Lipinski definition) is 0. The number of nitrogens with zero attached hydrogens (tertiary/aromatic N) is 2. The average molecular weight is 252 g/mol. The number of para-hydroxylation sites is 1. The summed E-state index contributed by atoms with van der Waals surface area (Å²) in [7, 11) is 0. The number of benzene rings is 2. The fourth-order valence-electron chi connectivity index (χ4n) is 1.57. The Hall–Kier alpha value is -2.75. The lowest BCUT2D eigenvalue weighted by Crippen LogP contribution is -1.83. The van der Waals surface area contributed by atoms with Crippen molar-refractivity contribution in [2.24, 2.45) is 4.99 Å². The molecule has 0 fully saturated rings.